The molecule has 0 saturated carbocycles. The van der Waals surface area contributed by atoms with Crippen molar-refractivity contribution in [1.29, 1.82) is 0 Å². The van der Waals surface area contributed by atoms with Crippen molar-refractivity contribution in [3.63, 3.8) is 0 Å². The van der Waals surface area contributed by atoms with Gasteiger partial charge in [0.15, 0.2) is 5.78 Å². The Balaban J connectivity index is 1.83. The van der Waals surface area contributed by atoms with E-state index in [1.54, 1.807) is 11.3 Å². The molecule has 0 N–H and O–H groups in total. The maximum Gasteiger partial charge on any atom is 0.174 e. The average Bonchev–Trinajstić information content (AvgIpc) is 3.28. The van der Waals surface area contributed by atoms with Gasteiger partial charge in [-0.3, -0.25) is 4.79 Å². The molecule has 0 amide bonds. The largest absolute Gasteiger partial charge is 0.483 e. The van der Waals surface area contributed by atoms with Crippen molar-refractivity contribution in [3.8, 4) is 5.75 Å². The molecule has 132 valence electrons. The molecule has 2 aromatic carbocycles. The molecule has 1 aliphatic heterocycles. The molecule has 26 heavy (non-hydrogen) atoms. The van der Waals surface area contributed by atoms with E-state index in [-0.39, 0.29) is 23.2 Å². The smallest absolute Gasteiger partial charge is 0.174 e. The molecule has 4 rings (SSSR count). The molecule has 2 nitrogen and oxygen atoms in total. The topological polar surface area (TPSA) is 26.3 Å². The molecule has 2 heterocycles. The summed E-state index contributed by atoms with van der Waals surface area (Å²) in [5, 5.41) is 2.03. The number of ketones is 1. The van der Waals surface area contributed by atoms with E-state index in [1.807, 2.05) is 47.8 Å². The Morgan fingerprint density at radius 2 is 1.77 bits per heavy atom. The number of rotatable bonds is 3. The van der Waals surface area contributed by atoms with Gasteiger partial charge >= 0.3 is 0 Å². The van der Waals surface area contributed by atoms with E-state index in [4.69, 9.17) is 4.74 Å². The van der Waals surface area contributed by atoms with Gasteiger partial charge in [0.2, 0.25) is 0 Å². The van der Waals surface area contributed by atoms with Crippen molar-refractivity contribution in [3.05, 3.63) is 87.6 Å². The van der Waals surface area contributed by atoms with Gasteiger partial charge in [-0.25, -0.2) is 0 Å². The molecular formula is C23H22O2S. The van der Waals surface area contributed by atoms with Gasteiger partial charge in [0.1, 0.15) is 11.9 Å². The monoisotopic (exact) mass is 362 g/mol. The van der Waals surface area contributed by atoms with Crippen LogP contribution in [0.4, 0.5) is 0 Å². The molecule has 0 aliphatic carbocycles. The lowest BCUT2D eigenvalue weighted by Gasteiger charge is -2.21. The van der Waals surface area contributed by atoms with Crippen molar-refractivity contribution >= 4 is 17.1 Å². The van der Waals surface area contributed by atoms with Crippen LogP contribution in [0.15, 0.2) is 66.0 Å². The van der Waals surface area contributed by atoms with Gasteiger partial charge in [-0.15, -0.1) is 11.3 Å². The zero-order valence-corrected chi connectivity index (χ0v) is 16.0. The first-order valence-corrected chi connectivity index (χ1v) is 9.77. The number of Topliss-reactive ketones (excluding diaryl/α,β-unsaturated/α-hetero) is 1. The molecule has 3 aromatic rings. The highest BCUT2D eigenvalue weighted by molar-refractivity contribution is 7.10. The van der Waals surface area contributed by atoms with Gasteiger partial charge < -0.3 is 4.74 Å². The van der Waals surface area contributed by atoms with E-state index in [1.165, 1.54) is 5.56 Å². The Kier molecular flexibility index (Phi) is 4.20. The number of hydrogen-bond acceptors (Lipinski definition) is 3. The summed E-state index contributed by atoms with van der Waals surface area (Å²) in [4.78, 5) is 14.5. The van der Waals surface area contributed by atoms with Crippen molar-refractivity contribution in [2.24, 2.45) is 0 Å². The fraction of sp³-hybridized carbons (Fsp3) is 0.261. The zero-order valence-electron chi connectivity index (χ0n) is 15.2. The third kappa shape index (κ3) is 2.97. The normalized spacial score (nSPS) is 19.0. The summed E-state index contributed by atoms with van der Waals surface area (Å²) in [6, 6.07) is 19.9. The minimum Gasteiger partial charge on any atom is -0.483 e. The minimum absolute atomic E-state index is 0.0242. The van der Waals surface area contributed by atoms with E-state index in [2.05, 4.69) is 39.0 Å². The summed E-state index contributed by atoms with van der Waals surface area (Å²) >= 11 is 1.64. The van der Waals surface area contributed by atoms with Gasteiger partial charge in [-0.1, -0.05) is 69.3 Å². The molecule has 0 unspecified atom stereocenters. The molecule has 0 radical (unpaired) electrons. The van der Waals surface area contributed by atoms with Gasteiger partial charge in [-0.2, -0.15) is 0 Å². The Labute approximate surface area is 158 Å². The lowest BCUT2D eigenvalue weighted by molar-refractivity contribution is 0.0898. The van der Waals surface area contributed by atoms with E-state index < -0.39 is 0 Å². The van der Waals surface area contributed by atoms with Gasteiger partial charge in [0.25, 0.3) is 0 Å². The summed E-state index contributed by atoms with van der Waals surface area (Å²) in [6.07, 6.45) is -0.257. The van der Waals surface area contributed by atoms with Crippen LogP contribution in [-0.4, -0.2) is 5.78 Å². The van der Waals surface area contributed by atoms with E-state index in [0.717, 1.165) is 21.8 Å². The highest BCUT2D eigenvalue weighted by atomic mass is 32.1. The summed E-state index contributed by atoms with van der Waals surface area (Å²) in [7, 11) is 0. The summed E-state index contributed by atoms with van der Waals surface area (Å²) < 4.78 is 6.26. The molecule has 0 bridgehead atoms. The number of carbonyl (C=O) groups excluding carboxylic acids is 1. The van der Waals surface area contributed by atoms with Crippen molar-refractivity contribution in [1.82, 2.24) is 0 Å². The number of fused-ring (bicyclic) bond motifs is 1. The Morgan fingerprint density at radius 3 is 2.42 bits per heavy atom. The van der Waals surface area contributed by atoms with Crippen LogP contribution in [0.25, 0.3) is 0 Å². The van der Waals surface area contributed by atoms with Crippen LogP contribution >= 0.6 is 11.3 Å². The Hall–Kier alpha value is -2.39. The molecule has 1 aliphatic rings. The number of ether oxygens (including phenoxy) is 1. The standard InChI is InChI=1S/C23H22O2S/c1-23(2,3)16-11-12-18-17(14-16)20(21(24)15-8-5-4-6-9-15)22(25-18)19-10-7-13-26-19/h4-14,20,22H,1-3H3/t20-,22+/m0/s1. The lowest BCUT2D eigenvalue weighted by Crippen LogP contribution is -2.19. The zero-order chi connectivity index (χ0) is 18.3. The first-order valence-electron chi connectivity index (χ1n) is 8.89. The van der Waals surface area contributed by atoms with Crippen LogP contribution in [0.1, 0.15) is 59.2 Å². The molecule has 0 saturated heterocycles. The van der Waals surface area contributed by atoms with Gasteiger partial charge in [0.05, 0.1) is 5.92 Å². The van der Waals surface area contributed by atoms with Crippen LogP contribution < -0.4 is 4.74 Å². The number of thiophene rings is 1. The van der Waals surface area contributed by atoms with E-state index in [0.29, 0.717) is 0 Å². The molecule has 3 heteroatoms. The maximum absolute atomic E-state index is 13.4. The molecular weight excluding hydrogens is 340 g/mol. The fourth-order valence-electron chi connectivity index (χ4n) is 3.47. The second-order valence-corrected chi connectivity index (χ2v) is 8.74. The van der Waals surface area contributed by atoms with Crippen LogP contribution in [0.5, 0.6) is 5.75 Å². The van der Waals surface area contributed by atoms with Crippen molar-refractivity contribution in [2.45, 2.75) is 38.2 Å². The van der Waals surface area contributed by atoms with Crippen LogP contribution in [0.2, 0.25) is 0 Å². The second kappa shape index (κ2) is 6.40. The summed E-state index contributed by atoms with van der Waals surface area (Å²) in [5.74, 6) is 0.632. The van der Waals surface area contributed by atoms with Crippen molar-refractivity contribution < 1.29 is 9.53 Å². The minimum atomic E-state index is -0.312. The fourth-order valence-corrected chi connectivity index (χ4v) is 4.26. The van der Waals surface area contributed by atoms with Crippen LogP contribution in [0.3, 0.4) is 0 Å². The van der Waals surface area contributed by atoms with Crippen LogP contribution in [0, 0.1) is 0 Å². The van der Waals surface area contributed by atoms with E-state index >= 15 is 0 Å². The molecule has 1 aromatic heterocycles. The van der Waals surface area contributed by atoms with E-state index in [9.17, 15) is 4.79 Å². The summed E-state index contributed by atoms with van der Waals surface area (Å²) in [6.45, 7) is 6.57. The first-order chi connectivity index (χ1) is 12.4. The molecule has 2 atom stereocenters. The van der Waals surface area contributed by atoms with Crippen molar-refractivity contribution in [2.75, 3.05) is 0 Å². The first kappa shape index (κ1) is 17.0. The third-order valence-corrected chi connectivity index (χ3v) is 5.87. The maximum atomic E-state index is 13.4. The van der Waals surface area contributed by atoms with Gasteiger partial charge in [0, 0.05) is 16.0 Å². The lowest BCUT2D eigenvalue weighted by atomic mass is 9.82. The Morgan fingerprint density at radius 1 is 1.00 bits per heavy atom. The molecule has 0 fully saturated rings. The Bertz CT molecular complexity index is 921. The number of carbonyl (C=O) groups is 1. The predicted molar refractivity (Wildman–Crippen MR) is 106 cm³/mol. The highest BCUT2D eigenvalue weighted by Gasteiger charge is 2.41. The highest BCUT2D eigenvalue weighted by Crippen LogP contribution is 2.49. The summed E-state index contributed by atoms with van der Waals surface area (Å²) in [5.41, 5.74) is 2.98. The van der Waals surface area contributed by atoms with Crippen LogP contribution in [-0.2, 0) is 5.41 Å². The SMILES string of the molecule is CC(C)(C)c1ccc2c(c1)[C@@H](C(=O)c1ccccc1)[C@@H](c1cccs1)O2. The van der Waals surface area contributed by atoms with Gasteiger partial charge in [-0.05, 0) is 28.5 Å². The molecule has 0 spiro atoms. The predicted octanol–water partition coefficient (Wildman–Crippen LogP) is 6.15. The quantitative estimate of drug-likeness (QED) is 0.523. The third-order valence-electron chi connectivity index (χ3n) is 4.93. The number of benzene rings is 2. The second-order valence-electron chi connectivity index (χ2n) is 7.76. The number of hydrogen-bond donors (Lipinski definition) is 0. The average molecular weight is 362 g/mol.